The number of methoxy groups -OCH3 is 1. The van der Waals surface area contributed by atoms with Gasteiger partial charge in [-0.1, -0.05) is 0 Å². The molecule has 3 rings (SSSR count). The summed E-state index contributed by atoms with van der Waals surface area (Å²) in [5, 5.41) is 0. The number of nitrogens with zero attached hydrogens (tertiary/aromatic N) is 3. The largest absolute Gasteiger partial charge is 0.494 e. The molecule has 25 heavy (non-hydrogen) atoms. The van der Waals surface area contributed by atoms with Gasteiger partial charge in [-0.05, 0) is 64.6 Å². The maximum atomic E-state index is 13.6. The van der Waals surface area contributed by atoms with Crippen molar-refractivity contribution in [1.29, 1.82) is 0 Å². The Balaban J connectivity index is 1.70. The van der Waals surface area contributed by atoms with Gasteiger partial charge in [0.15, 0.2) is 11.6 Å². The Bertz CT molecular complexity index is 629. The van der Waals surface area contributed by atoms with Gasteiger partial charge in [0.25, 0.3) is 5.91 Å². The molecule has 2 saturated heterocycles. The Hall–Kier alpha value is -1.66. The van der Waals surface area contributed by atoms with E-state index in [1.54, 1.807) is 0 Å². The van der Waals surface area contributed by atoms with Crippen LogP contribution in [0.3, 0.4) is 0 Å². The van der Waals surface area contributed by atoms with Crippen molar-refractivity contribution in [2.45, 2.75) is 24.8 Å². The van der Waals surface area contributed by atoms with E-state index >= 15 is 0 Å². The number of piperidine rings is 1. The third-order valence-corrected chi connectivity index (χ3v) is 5.79. The normalized spacial score (nSPS) is 22.0. The zero-order chi connectivity index (χ0) is 18.0. The maximum Gasteiger partial charge on any atom is 0.253 e. The fourth-order valence-electron chi connectivity index (χ4n) is 4.16. The van der Waals surface area contributed by atoms with Crippen LogP contribution in [0.5, 0.6) is 5.75 Å². The van der Waals surface area contributed by atoms with Gasteiger partial charge in [0.05, 0.1) is 7.11 Å². The first-order chi connectivity index (χ1) is 11.9. The van der Waals surface area contributed by atoms with Gasteiger partial charge in [-0.25, -0.2) is 4.39 Å². The SMILES string of the molecule is COc1cc(C(=O)N2CCC3(CC2)CN(C)CCCN3C)ccc1F. The number of hydrogen-bond donors (Lipinski definition) is 0. The molecule has 2 heterocycles. The topological polar surface area (TPSA) is 36.0 Å². The van der Waals surface area contributed by atoms with Crippen molar-refractivity contribution in [3.05, 3.63) is 29.6 Å². The van der Waals surface area contributed by atoms with Gasteiger partial charge in [0.2, 0.25) is 0 Å². The van der Waals surface area contributed by atoms with Crippen LogP contribution in [0.25, 0.3) is 0 Å². The van der Waals surface area contributed by atoms with Crippen molar-refractivity contribution in [2.75, 3.05) is 53.9 Å². The molecule has 0 radical (unpaired) electrons. The molecule has 1 spiro atoms. The number of amides is 1. The van der Waals surface area contributed by atoms with Crippen molar-refractivity contribution < 1.29 is 13.9 Å². The molecule has 0 aromatic heterocycles. The number of rotatable bonds is 2. The molecular formula is C19H28FN3O2. The van der Waals surface area contributed by atoms with E-state index in [9.17, 15) is 9.18 Å². The highest BCUT2D eigenvalue weighted by atomic mass is 19.1. The number of hydrogen-bond acceptors (Lipinski definition) is 4. The number of benzene rings is 1. The van der Waals surface area contributed by atoms with Gasteiger partial charge in [0, 0.05) is 30.7 Å². The third-order valence-electron chi connectivity index (χ3n) is 5.79. The molecule has 0 unspecified atom stereocenters. The van der Waals surface area contributed by atoms with Crippen LogP contribution in [0, 0.1) is 5.82 Å². The average molecular weight is 349 g/mol. The van der Waals surface area contributed by atoms with Crippen LogP contribution < -0.4 is 4.74 Å². The van der Waals surface area contributed by atoms with Crippen LogP contribution >= 0.6 is 0 Å². The third kappa shape index (κ3) is 3.65. The van der Waals surface area contributed by atoms with E-state index < -0.39 is 5.82 Å². The van der Waals surface area contributed by atoms with Crippen molar-refractivity contribution in [1.82, 2.24) is 14.7 Å². The van der Waals surface area contributed by atoms with Crippen LogP contribution in [0.2, 0.25) is 0 Å². The van der Waals surface area contributed by atoms with Crippen molar-refractivity contribution >= 4 is 5.91 Å². The summed E-state index contributed by atoms with van der Waals surface area (Å²) in [5.41, 5.74) is 0.642. The zero-order valence-corrected chi connectivity index (χ0v) is 15.4. The Morgan fingerprint density at radius 1 is 1.16 bits per heavy atom. The number of carbonyl (C=O) groups is 1. The van der Waals surface area contributed by atoms with Gasteiger partial charge < -0.3 is 14.5 Å². The van der Waals surface area contributed by atoms with Gasteiger partial charge in [-0.2, -0.15) is 0 Å². The number of carbonyl (C=O) groups excluding carboxylic acids is 1. The Morgan fingerprint density at radius 2 is 1.88 bits per heavy atom. The van der Waals surface area contributed by atoms with Crippen LogP contribution in [0.4, 0.5) is 4.39 Å². The minimum Gasteiger partial charge on any atom is -0.494 e. The second-order valence-electron chi connectivity index (χ2n) is 7.38. The Labute approximate surface area is 149 Å². The van der Waals surface area contributed by atoms with E-state index in [0.29, 0.717) is 5.56 Å². The molecule has 1 aromatic carbocycles. The molecule has 2 fully saturated rings. The van der Waals surface area contributed by atoms with Gasteiger partial charge in [-0.15, -0.1) is 0 Å². The molecule has 5 nitrogen and oxygen atoms in total. The fourth-order valence-corrected chi connectivity index (χ4v) is 4.16. The van der Waals surface area contributed by atoms with E-state index in [1.807, 2.05) is 4.90 Å². The smallest absolute Gasteiger partial charge is 0.253 e. The lowest BCUT2D eigenvalue weighted by atomic mass is 9.85. The van der Waals surface area contributed by atoms with E-state index in [1.165, 1.54) is 31.7 Å². The summed E-state index contributed by atoms with van der Waals surface area (Å²) in [7, 11) is 5.81. The first-order valence-corrected chi connectivity index (χ1v) is 8.98. The predicted molar refractivity (Wildman–Crippen MR) is 95.6 cm³/mol. The summed E-state index contributed by atoms with van der Waals surface area (Å²) in [6.45, 7) is 4.75. The molecule has 1 amide bonds. The van der Waals surface area contributed by atoms with Gasteiger partial charge in [0.1, 0.15) is 0 Å². The lowest BCUT2D eigenvalue weighted by molar-refractivity contribution is 0.0282. The molecule has 0 saturated carbocycles. The maximum absolute atomic E-state index is 13.6. The van der Waals surface area contributed by atoms with Crippen molar-refractivity contribution in [2.24, 2.45) is 0 Å². The highest BCUT2D eigenvalue weighted by molar-refractivity contribution is 5.94. The molecule has 2 aliphatic rings. The van der Waals surface area contributed by atoms with E-state index in [-0.39, 0.29) is 17.2 Å². The fraction of sp³-hybridized carbons (Fsp3) is 0.632. The van der Waals surface area contributed by atoms with Crippen LogP contribution in [-0.2, 0) is 0 Å². The number of halogens is 1. The highest BCUT2D eigenvalue weighted by Crippen LogP contribution is 2.31. The summed E-state index contributed by atoms with van der Waals surface area (Å²) < 4.78 is 18.6. The molecule has 0 atom stereocenters. The summed E-state index contributed by atoms with van der Waals surface area (Å²) in [5.74, 6) is -0.373. The molecule has 0 bridgehead atoms. The van der Waals surface area contributed by atoms with Crippen LogP contribution in [-0.4, -0.2) is 80.1 Å². The van der Waals surface area contributed by atoms with Crippen molar-refractivity contribution in [3.63, 3.8) is 0 Å². The molecule has 1 aromatic rings. The second kappa shape index (κ2) is 7.30. The highest BCUT2D eigenvalue weighted by Gasteiger charge is 2.41. The zero-order valence-electron chi connectivity index (χ0n) is 15.4. The molecule has 138 valence electrons. The molecule has 2 aliphatic heterocycles. The number of likely N-dealkylation sites (tertiary alicyclic amines) is 1. The van der Waals surface area contributed by atoms with E-state index in [0.717, 1.165) is 45.6 Å². The van der Waals surface area contributed by atoms with Crippen LogP contribution in [0.1, 0.15) is 29.6 Å². The second-order valence-corrected chi connectivity index (χ2v) is 7.38. The molecular weight excluding hydrogens is 321 g/mol. The van der Waals surface area contributed by atoms with Crippen molar-refractivity contribution in [3.8, 4) is 5.75 Å². The summed E-state index contributed by atoms with van der Waals surface area (Å²) in [6, 6.07) is 4.33. The van der Waals surface area contributed by atoms with Gasteiger partial charge in [-0.3, -0.25) is 9.69 Å². The standard InChI is InChI=1S/C19H28FN3O2/c1-21-9-4-10-22(2)19(14-21)7-11-23(12-8-19)18(24)15-5-6-16(20)17(13-15)25-3/h5-6,13H,4,7-12,14H2,1-3H3. The van der Waals surface area contributed by atoms with Gasteiger partial charge >= 0.3 is 0 Å². The average Bonchev–Trinajstić information content (AvgIpc) is 2.74. The van der Waals surface area contributed by atoms with E-state index in [2.05, 4.69) is 23.9 Å². The summed E-state index contributed by atoms with van der Waals surface area (Å²) in [6.07, 6.45) is 3.13. The molecule has 0 N–H and O–H groups in total. The summed E-state index contributed by atoms with van der Waals surface area (Å²) in [4.78, 5) is 19.6. The Kier molecular flexibility index (Phi) is 5.29. The quantitative estimate of drug-likeness (QED) is 0.819. The number of ether oxygens (including phenoxy) is 1. The van der Waals surface area contributed by atoms with E-state index in [4.69, 9.17) is 4.74 Å². The lowest BCUT2D eigenvalue weighted by Crippen LogP contribution is -2.58. The van der Waals surface area contributed by atoms with Crippen LogP contribution in [0.15, 0.2) is 18.2 Å². The lowest BCUT2D eigenvalue weighted by Gasteiger charge is -2.47. The first kappa shape index (κ1) is 18.1. The summed E-state index contributed by atoms with van der Waals surface area (Å²) >= 11 is 0. The molecule has 6 heteroatoms. The predicted octanol–water partition coefficient (Wildman–Crippen LogP) is 2.08. The monoisotopic (exact) mass is 349 g/mol. The molecule has 0 aliphatic carbocycles. The Morgan fingerprint density at radius 3 is 2.56 bits per heavy atom. The minimum absolute atomic E-state index is 0.0437. The minimum atomic E-state index is -0.445. The number of likely N-dealkylation sites (N-methyl/N-ethyl adjacent to an activating group) is 2. The first-order valence-electron chi connectivity index (χ1n) is 8.98.